The van der Waals surface area contributed by atoms with Crippen molar-refractivity contribution in [3.63, 3.8) is 0 Å². The summed E-state index contributed by atoms with van der Waals surface area (Å²) in [6.45, 7) is 5.94. The monoisotopic (exact) mass is 439 g/mol. The molecule has 33 heavy (non-hydrogen) atoms. The number of nitrogens with one attached hydrogen (secondary N) is 1. The summed E-state index contributed by atoms with van der Waals surface area (Å²) >= 11 is 0. The molecule has 0 radical (unpaired) electrons. The SMILES string of the molecule is Cc1ccc2c(=O)c(C(=O)c3ccccc3)cn(CC(=O)Nc3ccc(C(C)C)cc3)c2n1. The predicted octanol–water partition coefficient (Wildman–Crippen LogP) is 4.70. The number of amides is 1. The smallest absolute Gasteiger partial charge is 0.244 e. The number of anilines is 1. The minimum Gasteiger partial charge on any atom is -0.325 e. The van der Waals surface area contributed by atoms with E-state index in [1.807, 2.05) is 31.2 Å². The van der Waals surface area contributed by atoms with Crippen molar-refractivity contribution in [2.45, 2.75) is 33.2 Å². The van der Waals surface area contributed by atoms with Crippen LogP contribution in [-0.4, -0.2) is 21.2 Å². The summed E-state index contributed by atoms with van der Waals surface area (Å²) in [7, 11) is 0. The van der Waals surface area contributed by atoms with Crippen molar-refractivity contribution in [1.82, 2.24) is 9.55 Å². The molecule has 0 bridgehead atoms. The number of ketones is 1. The number of rotatable bonds is 6. The number of carbonyl (C=O) groups is 2. The molecule has 0 fully saturated rings. The van der Waals surface area contributed by atoms with Gasteiger partial charge in [0.25, 0.3) is 0 Å². The van der Waals surface area contributed by atoms with Crippen molar-refractivity contribution in [2.75, 3.05) is 5.32 Å². The summed E-state index contributed by atoms with van der Waals surface area (Å²) in [6, 6.07) is 19.7. The summed E-state index contributed by atoms with van der Waals surface area (Å²) < 4.78 is 1.57. The third kappa shape index (κ3) is 4.75. The van der Waals surface area contributed by atoms with Crippen LogP contribution in [0.25, 0.3) is 11.0 Å². The molecular formula is C27H25N3O3. The Balaban J connectivity index is 1.70. The zero-order valence-electron chi connectivity index (χ0n) is 18.8. The van der Waals surface area contributed by atoms with Crippen LogP contribution in [-0.2, 0) is 11.3 Å². The fourth-order valence-electron chi connectivity index (χ4n) is 3.69. The van der Waals surface area contributed by atoms with E-state index in [0.29, 0.717) is 33.9 Å². The van der Waals surface area contributed by atoms with Crippen molar-refractivity contribution in [3.05, 3.63) is 106 Å². The standard InChI is InChI=1S/C27H25N3O3/c1-17(2)19-10-12-21(13-11-19)29-24(31)16-30-15-23(25(32)20-7-5-4-6-8-20)26(33)22-14-9-18(3)28-27(22)30/h4-15,17H,16H2,1-3H3,(H,29,31). The Labute approximate surface area is 191 Å². The molecule has 2 heterocycles. The molecule has 1 N–H and O–H groups in total. The van der Waals surface area contributed by atoms with E-state index in [0.717, 1.165) is 0 Å². The topological polar surface area (TPSA) is 81.1 Å². The Morgan fingerprint density at radius 2 is 1.67 bits per heavy atom. The molecule has 0 unspecified atom stereocenters. The lowest BCUT2D eigenvalue weighted by Gasteiger charge is -2.14. The number of fused-ring (bicyclic) bond motifs is 1. The van der Waals surface area contributed by atoms with E-state index in [-0.39, 0.29) is 23.8 Å². The van der Waals surface area contributed by atoms with E-state index < -0.39 is 5.43 Å². The highest BCUT2D eigenvalue weighted by Gasteiger charge is 2.19. The number of carbonyl (C=O) groups excluding carboxylic acids is 2. The van der Waals surface area contributed by atoms with E-state index >= 15 is 0 Å². The van der Waals surface area contributed by atoms with E-state index in [1.165, 1.54) is 11.8 Å². The first-order valence-corrected chi connectivity index (χ1v) is 10.8. The molecule has 0 aliphatic carbocycles. The fourth-order valence-corrected chi connectivity index (χ4v) is 3.69. The van der Waals surface area contributed by atoms with Gasteiger partial charge in [0.1, 0.15) is 12.2 Å². The number of aryl methyl sites for hydroxylation is 1. The van der Waals surface area contributed by atoms with Crippen LogP contribution in [0.15, 0.2) is 77.7 Å². The Kier molecular flexibility index (Phi) is 6.18. The number of hydrogen-bond donors (Lipinski definition) is 1. The lowest BCUT2D eigenvalue weighted by Crippen LogP contribution is -2.25. The molecule has 0 saturated heterocycles. The molecule has 2 aromatic heterocycles. The van der Waals surface area contributed by atoms with Crippen LogP contribution >= 0.6 is 0 Å². The normalized spacial score (nSPS) is 11.0. The van der Waals surface area contributed by atoms with Gasteiger partial charge in [-0.3, -0.25) is 14.4 Å². The third-order valence-electron chi connectivity index (χ3n) is 5.52. The number of hydrogen-bond acceptors (Lipinski definition) is 4. The average Bonchev–Trinajstić information content (AvgIpc) is 2.81. The molecular weight excluding hydrogens is 414 g/mol. The van der Waals surface area contributed by atoms with Crippen molar-refractivity contribution in [1.29, 1.82) is 0 Å². The van der Waals surface area contributed by atoms with Crippen molar-refractivity contribution < 1.29 is 9.59 Å². The molecule has 1 amide bonds. The third-order valence-corrected chi connectivity index (χ3v) is 5.52. The number of pyridine rings is 2. The molecule has 166 valence electrons. The zero-order chi connectivity index (χ0) is 23.5. The quantitative estimate of drug-likeness (QED) is 0.442. The Bertz CT molecular complexity index is 1390. The second kappa shape index (κ2) is 9.20. The van der Waals surface area contributed by atoms with Crippen molar-refractivity contribution in [2.24, 2.45) is 0 Å². The highest BCUT2D eigenvalue weighted by atomic mass is 16.2. The molecule has 4 rings (SSSR count). The van der Waals surface area contributed by atoms with Crippen LogP contribution in [0.2, 0.25) is 0 Å². The Morgan fingerprint density at radius 3 is 2.33 bits per heavy atom. The first kappa shape index (κ1) is 22.1. The second-order valence-electron chi connectivity index (χ2n) is 8.34. The maximum Gasteiger partial charge on any atom is 0.244 e. The van der Waals surface area contributed by atoms with E-state index in [4.69, 9.17) is 0 Å². The fraction of sp³-hybridized carbons (Fsp3) is 0.185. The van der Waals surface area contributed by atoms with Gasteiger partial charge < -0.3 is 9.88 Å². The van der Waals surface area contributed by atoms with Gasteiger partial charge >= 0.3 is 0 Å². The molecule has 0 atom stereocenters. The highest BCUT2D eigenvalue weighted by molar-refractivity contribution is 6.10. The molecule has 4 aromatic rings. The first-order chi connectivity index (χ1) is 15.8. The van der Waals surface area contributed by atoms with Gasteiger partial charge in [0.2, 0.25) is 11.3 Å². The number of benzene rings is 2. The van der Waals surface area contributed by atoms with Crippen LogP contribution < -0.4 is 10.7 Å². The maximum absolute atomic E-state index is 13.1. The Hall–Kier alpha value is -4.06. The van der Waals surface area contributed by atoms with Gasteiger partial charge in [0.15, 0.2) is 5.78 Å². The second-order valence-corrected chi connectivity index (χ2v) is 8.34. The summed E-state index contributed by atoms with van der Waals surface area (Å²) in [5.74, 6) is -0.266. The summed E-state index contributed by atoms with van der Waals surface area (Å²) in [5.41, 5.74) is 2.97. The lowest BCUT2D eigenvalue weighted by molar-refractivity contribution is -0.116. The number of nitrogens with zero attached hydrogens (tertiary/aromatic N) is 2. The van der Waals surface area contributed by atoms with Gasteiger partial charge in [-0.15, -0.1) is 0 Å². The van der Waals surface area contributed by atoms with Gasteiger partial charge in [-0.1, -0.05) is 56.3 Å². The molecule has 0 saturated carbocycles. The number of aromatic nitrogens is 2. The summed E-state index contributed by atoms with van der Waals surface area (Å²) in [5, 5.41) is 3.18. The van der Waals surface area contributed by atoms with E-state index in [1.54, 1.807) is 47.0 Å². The van der Waals surface area contributed by atoms with Crippen molar-refractivity contribution in [3.8, 4) is 0 Å². The molecule has 0 aliphatic heterocycles. The van der Waals surface area contributed by atoms with E-state index in [2.05, 4.69) is 24.1 Å². The minimum absolute atomic E-state index is 0.00781. The average molecular weight is 440 g/mol. The van der Waals surface area contributed by atoms with Crippen LogP contribution in [0.5, 0.6) is 0 Å². The highest BCUT2D eigenvalue weighted by Crippen LogP contribution is 2.18. The van der Waals surface area contributed by atoms with E-state index in [9.17, 15) is 14.4 Å². The van der Waals surface area contributed by atoms with Crippen LogP contribution in [0.3, 0.4) is 0 Å². The van der Waals surface area contributed by atoms with Crippen LogP contribution in [0, 0.1) is 6.92 Å². The van der Waals surface area contributed by atoms with Gasteiger partial charge in [0.05, 0.1) is 10.9 Å². The first-order valence-electron chi connectivity index (χ1n) is 10.8. The van der Waals surface area contributed by atoms with Gasteiger partial charge in [-0.25, -0.2) is 4.98 Å². The zero-order valence-corrected chi connectivity index (χ0v) is 18.8. The molecule has 6 heteroatoms. The van der Waals surface area contributed by atoms with Crippen molar-refractivity contribution >= 4 is 28.4 Å². The predicted molar refractivity (Wildman–Crippen MR) is 130 cm³/mol. The Morgan fingerprint density at radius 1 is 0.970 bits per heavy atom. The van der Waals surface area contributed by atoms with Gasteiger partial charge in [-0.05, 0) is 42.7 Å². The van der Waals surface area contributed by atoms with Crippen LogP contribution in [0.1, 0.15) is 46.9 Å². The summed E-state index contributed by atoms with van der Waals surface area (Å²) in [6.07, 6.45) is 1.44. The molecule has 2 aromatic carbocycles. The molecule has 6 nitrogen and oxygen atoms in total. The molecule has 0 aliphatic rings. The minimum atomic E-state index is -0.396. The van der Waals surface area contributed by atoms with Crippen LogP contribution in [0.4, 0.5) is 5.69 Å². The van der Waals surface area contributed by atoms with Gasteiger partial charge in [0, 0.05) is 23.1 Å². The van der Waals surface area contributed by atoms with Gasteiger partial charge in [-0.2, -0.15) is 0 Å². The largest absolute Gasteiger partial charge is 0.325 e. The maximum atomic E-state index is 13.1. The molecule has 0 spiro atoms. The summed E-state index contributed by atoms with van der Waals surface area (Å²) in [4.78, 5) is 43.5. The lowest BCUT2D eigenvalue weighted by atomic mass is 10.0.